The Morgan fingerprint density at radius 1 is 1.61 bits per heavy atom. The first-order chi connectivity index (χ1) is 8.74. The van der Waals surface area contributed by atoms with Gasteiger partial charge in [0.05, 0.1) is 12.6 Å². The molecule has 1 atom stereocenters. The molecular formula is C13H20N2O2S. The number of hydrogen-bond donors (Lipinski definition) is 2. The molecule has 0 radical (unpaired) electrons. The van der Waals surface area contributed by atoms with Gasteiger partial charge in [-0.15, -0.1) is 11.3 Å². The van der Waals surface area contributed by atoms with Gasteiger partial charge in [-0.05, 0) is 37.3 Å². The standard InChI is InChI=1S/C13H20N2O2S/c16-11-3-1-7-15(9-11)10-13(17)14-6-5-12-4-2-8-18-12/h2,4,8,11,16H,1,3,5-7,9-10H2,(H,14,17)/t11-/m0/s1. The number of carbonyl (C=O) groups is 1. The first-order valence-corrected chi connectivity index (χ1v) is 7.31. The van der Waals surface area contributed by atoms with Crippen molar-refractivity contribution in [1.82, 2.24) is 10.2 Å². The summed E-state index contributed by atoms with van der Waals surface area (Å²) in [7, 11) is 0. The van der Waals surface area contributed by atoms with Crippen molar-refractivity contribution in [1.29, 1.82) is 0 Å². The van der Waals surface area contributed by atoms with Crippen molar-refractivity contribution in [2.45, 2.75) is 25.4 Å². The molecule has 100 valence electrons. The minimum absolute atomic E-state index is 0.0562. The lowest BCUT2D eigenvalue weighted by Crippen LogP contribution is -2.44. The van der Waals surface area contributed by atoms with E-state index in [1.807, 2.05) is 16.3 Å². The largest absolute Gasteiger partial charge is 0.392 e. The SMILES string of the molecule is O=C(CN1CCC[C@H](O)C1)NCCc1cccs1. The van der Waals surface area contributed by atoms with E-state index >= 15 is 0 Å². The third-order valence-electron chi connectivity index (χ3n) is 3.12. The van der Waals surface area contributed by atoms with Gasteiger partial charge in [0.25, 0.3) is 0 Å². The Balaban J connectivity index is 1.62. The van der Waals surface area contributed by atoms with Crippen LogP contribution in [0.3, 0.4) is 0 Å². The summed E-state index contributed by atoms with van der Waals surface area (Å²) >= 11 is 1.72. The van der Waals surface area contributed by atoms with Gasteiger partial charge in [-0.2, -0.15) is 0 Å². The molecule has 0 saturated carbocycles. The number of piperidine rings is 1. The molecule has 2 heterocycles. The normalized spacial score (nSPS) is 20.8. The van der Waals surface area contributed by atoms with Gasteiger partial charge in [-0.3, -0.25) is 9.69 Å². The number of rotatable bonds is 5. The average molecular weight is 268 g/mol. The number of carbonyl (C=O) groups excluding carboxylic acids is 1. The van der Waals surface area contributed by atoms with Crippen LogP contribution in [-0.4, -0.2) is 48.2 Å². The van der Waals surface area contributed by atoms with Crippen molar-refractivity contribution < 1.29 is 9.90 Å². The number of β-amino-alcohol motifs (C(OH)–C–C–N with tert-alkyl or cyclic N) is 1. The summed E-state index contributed by atoms with van der Waals surface area (Å²) < 4.78 is 0. The molecule has 2 rings (SSSR count). The van der Waals surface area contributed by atoms with Gasteiger partial charge in [0, 0.05) is 18.0 Å². The second-order valence-electron chi connectivity index (χ2n) is 4.71. The fourth-order valence-corrected chi connectivity index (χ4v) is 2.92. The molecule has 1 aliphatic rings. The van der Waals surface area contributed by atoms with Gasteiger partial charge in [-0.1, -0.05) is 6.07 Å². The lowest BCUT2D eigenvalue weighted by atomic mass is 10.1. The van der Waals surface area contributed by atoms with Gasteiger partial charge in [-0.25, -0.2) is 0 Å². The number of thiophene rings is 1. The van der Waals surface area contributed by atoms with Crippen LogP contribution >= 0.6 is 11.3 Å². The van der Waals surface area contributed by atoms with Crippen LogP contribution in [0.4, 0.5) is 0 Å². The molecule has 0 bridgehead atoms. The van der Waals surface area contributed by atoms with Crippen molar-refractivity contribution in [2.24, 2.45) is 0 Å². The third-order valence-corrected chi connectivity index (χ3v) is 4.06. The summed E-state index contributed by atoms with van der Waals surface area (Å²) in [6.07, 6.45) is 2.46. The van der Waals surface area contributed by atoms with Crippen LogP contribution in [0.2, 0.25) is 0 Å². The molecule has 0 unspecified atom stereocenters. The van der Waals surface area contributed by atoms with Crippen molar-refractivity contribution >= 4 is 17.2 Å². The fraction of sp³-hybridized carbons (Fsp3) is 0.615. The maximum atomic E-state index is 11.7. The smallest absolute Gasteiger partial charge is 0.234 e. The summed E-state index contributed by atoms with van der Waals surface area (Å²) in [4.78, 5) is 15.0. The Hall–Kier alpha value is -0.910. The molecule has 0 spiro atoms. The minimum atomic E-state index is -0.266. The summed E-state index contributed by atoms with van der Waals surface area (Å²) in [5, 5.41) is 14.5. The lowest BCUT2D eigenvalue weighted by molar-refractivity contribution is -0.122. The molecule has 0 aliphatic carbocycles. The molecule has 1 fully saturated rings. The van der Waals surface area contributed by atoms with E-state index in [4.69, 9.17) is 0 Å². The molecule has 4 nitrogen and oxygen atoms in total. The van der Waals surface area contributed by atoms with Gasteiger partial charge >= 0.3 is 0 Å². The van der Waals surface area contributed by atoms with Crippen molar-refractivity contribution in [3.05, 3.63) is 22.4 Å². The zero-order valence-electron chi connectivity index (χ0n) is 10.5. The van der Waals surface area contributed by atoms with E-state index in [0.29, 0.717) is 19.6 Å². The molecule has 1 aliphatic heterocycles. The Kier molecular flexibility index (Phi) is 5.16. The second-order valence-corrected chi connectivity index (χ2v) is 5.74. The Morgan fingerprint density at radius 2 is 2.50 bits per heavy atom. The van der Waals surface area contributed by atoms with E-state index in [9.17, 15) is 9.90 Å². The monoisotopic (exact) mass is 268 g/mol. The Labute approximate surface area is 112 Å². The zero-order valence-corrected chi connectivity index (χ0v) is 11.3. The molecular weight excluding hydrogens is 248 g/mol. The zero-order chi connectivity index (χ0) is 12.8. The van der Waals surface area contributed by atoms with E-state index in [1.54, 1.807) is 11.3 Å². The van der Waals surface area contributed by atoms with Crippen LogP contribution in [0.15, 0.2) is 17.5 Å². The highest BCUT2D eigenvalue weighted by Crippen LogP contribution is 2.09. The van der Waals surface area contributed by atoms with Crippen molar-refractivity contribution in [2.75, 3.05) is 26.2 Å². The highest BCUT2D eigenvalue weighted by atomic mass is 32.1. The number of aliphatic hydroxyl groups excluding tert-OH is 1. The van der Waals surface area contributed by atoms with Gasteiger partial charge in [0.15, 0.2) is 0 Å². The second kappa shape index (κ2) is 6.87. The van der Waals surface area contributed by atoms with Crippen LogP contribution < -0.4 is 5.32 Å². The highest BCUT2D eigenvalue weighted by Gasteiger charge is 2.19. The van der Waals surface area contributed by atoms with E-state index in [1.165, 1.54) is 4.88 Å². The minimum Gasteiger partial charge on any atom is -0.392 e. The quantitative estimate of drug-likeness (QED) is 0.833. The third kappa shape index (κ3) is 4.40. The first-order valence-electron chi connectivity index (χ1n) is 6.43. The molecule has 1 aromatic heterocycles. The number of amides is 1. The van der Waals surface area contributed by atoms with Gasteiger partial charge in [0.2, 0.25) is 5.91 Å². The predicted octanol–water partition coefficient (Wildman–Crippen LogP) is 0.864. The van der Waals surface area contributed by atoms with E-state index in [2.05, 4.69) is 11.4 Å². The maximum Gasteiger partial charge on any atom is 0.234 e. The summed E-state index contributed by atoms with van der Waals surface area (Å²) in [5.41, 5.74) is 0. The Morgan fingerprint density at radius 3 is 3.22 bits per heavy atom. The highest BCUT2D eigenvalue weighted by molar-refractivity contribution is 7.09. The van der Waals surface area contributed by atoms with Crippen LogP contribution in [0.1, 0.15) is 17.7 Å². The fourth-order valence-electron chi connectivity index (χ4n) is 2.21. The first kappa shape index (κ1) is 13.5. The molecule has 1 amide bonds. The Bertz CT molecular complexity index is 367. The van der Waals surface area contributed by atoms with Gasteiger partial charge in [0.1, 0.15) is 0 Å². The summed E-state index contributed by atoms with van der Waals surface area (Å²) in [5.74, 6) is 0.0562. The number of likely N-dealkylation sites (tertiary alicyclic amines) is 1. The van der Waals surface area contributed by atoms with Crippen LogP contribution in [0, 0.1) is 0 Å². The summed E-state index contributed by atoms with van der Waals surface area (Å²) in [6.45, 7) is 2.63. The van der Waals surface area contributed by atoms with E-state index < -0.39 is 0 Å². The van der Waals surface area contributed by atoms with Gasteiger partial charge < -0.3 is 10.4 Å². The number of hydrogen-bond acceptors (Lipinski definition) is 4. The molecule has 2 N–H and O–H groups in total. The predicted molar refractivity (Wildman–Crippen MR) is 72.7 cm³/mol. The van der Waals surface area contributed by atoms with E-state index in [-0.39, 0.29) is 12.0 Å². The number of nitrogens with one attached hydrogen (secondary N) is 1. The number of nitrogens with zero attached hydrogens (tertiary/aromatic N) is 1. The van der Waals surface area contributed by atoms with Crippen molar-refractivity contribution in [3.63, 3.8) is 0 Å². The lowest BCUT2D eigenvalue weighted by Gasteiger charge is -2.29. The topological polar surface area (TPSA) is 52.6 Å². The molecule has 18 heavy (non-hydrogen) atoms. The maximum absolute atomic E-state index is 11.7. The number of aliphatic hydroxyl groups is 1. The molecule has 0 aromatic carbocycles. The molecule has 1 aromatic rings. The van der Waals surface area contributed by atoms with Crippen LogP contribution in [-0.2, 0) is 11.2 Å². The average Bonchev–Trinajstić information content (AvgIpc) is 2.82. The molecule has 1 saturated heterocycles. The van der Waals surface area contributed by atoms with E-state index in [0.717, 1.165) is 25.8 Å². The van der Waals surface area contributed by atoms with Crippen LogP contribution in [0.5, 0.6) is 0 Å². The summed E-state index contributed by atoms with van der Waals surface area (Å²) in [6, 6.07) is 4.11. The molecule has 5 heteroatoms. The van der Waals surface area contributed by atoms with Crippen LogP contribution in [0.25, 0.3) is 0 Å². The van der Waals surface area contributed by atoms with Crippen molar-refractivity contribution in [3.8, 4) is 0 Å².